The molecular weight excluding hydrogens is 324 g/mol. The van der Waals surface area contributed by atoms with Gasteiger partial charge in [0.05, 0.1) is 12.1 Å². The Morgan fingerprint density at radius 2 is 1.85 bits per heavy atom. The van der Waals surface area contributed by atoms with Crippen LogP contribution in [0.3, 0.4) is 0 Å². The fourth-order valence-electron chi connectivity index (χ4n) is 3.39. The van der Waals surface area contributed by atoms with Crippen molar-refractivity contribution in [1.82, 2.24) is 15.1 Å². The molecule has 1 saturated heterocycles. The SMILES string of the molecule is Cc1ccc(N2CCN(C(=O)Cc3ccc(C(C)C)cc3)[C@@H](C)C2)nn1. The Hall–Kier alpha value is -2.43. The average Bonchev–Trinajstić information content (AvgIpc) is 2.62. The molecule has 26 heavy (non-hydrogen) atoms. The predicted molar refractivity (Wildman–Crippen MR) is 104 cm³/mol. The maximum Gasteiger partial charge on any atom is 0.227 e. The Kier molecular flexibility index (Phi) is 5.55. The number of hydrogen-bond donors (Lipinski definition) is 0. The molecule has 0 radical (unpaired) electrons. The summed E-state index contributed by atoms with van der Waals surface area (Å²) in [6.45, 7) is 10.7. The number of aromatic nitrogens is 2. The molecule has 0 saturated carbocycles. The lowest BCUT2D eigenvalue weighted by Crippen LogP contribution is -2.54. The van der Waals surface area contributed by atoms with Crippen molar-refractivity contribution in [3.05, 3.63) is 53.2 Å². The summed E-state index contributed by atoms with van der Waals surface area (Å²) in [5.41, 5.74) is 3.31. The van der Waals surface area contributed by atoms with Crippen LogP contribution in [0.5, 0.6) is 0 Å². The van der Waals surface area contributed by atoms with Gasteiger partial charge in [0.2, 0.25) is 5.91 Å². The topological polar surface area (TPSA) is 49.3 Å². The minimum atomic E-state index is 0.161. The highest BCUT2D eigenvalue weighted by Crippen LogP contribution is 2.19. The molecule has 1 fully saturated rings. The predicted octanol–water partition coefficient (Wildman–Crippen LogP) is 3.19. The summed E-state index contributed by atoms with van der Waals surface area (Å²) in [5.74, 6) is 1.60. The highest BCUT2D eigenvalue weighted by Gasteiger charge is 2.28. The second-order valence-corrected chi connectivity index (χ2v) is 7.49. The van der Waals surface area contributed by atoms with E-state index >= 15 is 0 Å². The summed E-state index contributed by atoms with van der Waals surface area (Å²) in [7, 11) is 0. The molecule has 0 bridgehead atoms. The standard InChI is InChI=1S/C21H28N4O/c1-15(2)19-8-6-18(7-9-19)13-21(26)25-12-11-24(14-17(25)4)20-10-5-16(3)22-23-20/h5-10,15,17H,11-14H2,1-4H3/t17-/m0/s1. The number of anilines is 1. The highest BCUT2D eigenvalue weighted by atomic mass is 16.2. The zero-order chi connectivity index (χ0) is 18.7. The number of amides is 1. The van der Waals surface area contributed by atoms with Crippen LogP contribution in [-0.2, 0) is 11.2 Å². The smallest absolute Gasteiger partial charge is 0.227 e. The van der Waals surface area contributed by atoms with E-state index in [1.54, 1.807) is 0 Å². The Balaban J connectivity index is 1.60. The van der Waals surface area contributed by atoms with Gasteiger partial charge in [-0.25, -0.2) is 0 Å². The molecule has 1 amide bonds. The number of benzene rings is 1. The lowest BCUT2D eigenvalue weighted by Gasteiger charge is -2.40. The monoisotopic (exact) mass is 352 g/mol. The molecule has 0 aliphatic carbocycles. The maximum absolute atomic E-state index is 12.8. The first kappa shape index (κ1) is 18.4. The molecule has 1 aliphatic heterocycles. The third-order valence-corrected chi connectivity index (χ3v) is 5.06. The minimum absolute atomic E-state index is 0.161. The van der Waals surface area contributed by atoms with Gasteiger partial charge in [-0.15, -0.1) is 5.10 Å². The second kappa shape index (κ2) is 7.85. The number of nitrogens with zero attached hydrogens (tertiary/aromatic N) is 4. The molecule has 2 heterocycles. The molecule has 1 aliphatic rings. The van der Waals surface area contributed by atoms with Gasteiger partial charge in [0.1, 0.15) is 0 Å². The molecule has 3 rings (SSSR count). The van der Waals surface area contributed by atoms with Gasteiger partial charge in [0.25, 0.3) is 0 Å². The lowest BCUT2D eigenvalue weighted by atomic mass is 10.0. The number of rotatable bonds is 4. The van der Waals surface area contributed by atoms with Crippen LogP contribution in [-0.4, -0.2) is 46.7 Å². The van der Waals surface area contributed by atoms with Crippen molar-refractivity contribution in [2.45, 2.75) is 46.1 Å². The number of carbonyl (C=O) groups is 1. The van der Waals surface area contributed by atoms with Crippen LogP contribution in [0.1, 0.15) is 43.5 Å². The normalized spacial score (nSPS) is 17.7. The van der Waals surface area contributed by atoms with Gasteiger partial charge < -0.3 is 9.80 Å². The van der Waals surface area contributed by atoms with Crippen molar-refractivity contribution < 1.29 is 4.79 Å². The molecule has 5 nitrogen and oxygen atoms in total. The Bertz CT molecular complexity index is 740. The van der Waals surface area contributed by atoms with E-state index < -0.39 is 0 Å². The maximum atomic E-state index is 12.8. The van der Waals surface area contributed by atoms with Gasteiger partial charge in [0.15, 0.2) is 5.82 Å². The van der Waals surface area contributed by atoms with Crippen LogP contribution in [0.2, 0.25) is 0 Å². The first-order valence-corrected chi connectivity index (χ1v) is 9.37. The van der Waals surface area contributed by atoms with E-state index in [0.717, 1.165) is 36.7 Å². The Morgan fingerprint density at radius 3 is 2.42 bits per heavy atom. The van der Waals surface area contributed by atoms with Crippen LogP contribution >= 0.6 is 0 Å². The molecule has 138 valence electrons. The average molecular weight is 352 g/mol. The largest absolute Gasteiger partial charge is 0.351 e. The molecular formula is C21H28N4O. The molecule has 5 heteroatoms. The molecule has 0 unspecified atom stereocenters. The fraction of sp³-hybridized carbons (Fsp3) is 0.476. The third-order valence-electron chi connectivity index (χ3n) is 5.06. The van der Waals surface area contributed by atoms with Crippen LogP contribution in [0, 0.1) is 6.92 Å². The quantitative estimate of drug-likeness (QED) is 0.848. The summed E-state index contributed by atoms with van der Waals surface area (Å²) in [4.78, 5) is 17.0. The number of aryl methyl sites for hydroxylation is 1. The van der Waals surface area contributed by atoms with E-state index in [9.17, 15) is 4.79 Å². The van der Waals surface area contributed by atoms with Gasteiger partial charge in [-0.05, 0) is 43.0 Å². The number of hydrogen-bond acceptors (Lipinski definition) is 4. The van der Waals surface area contributed by atoms with Crippen molar-refractivity contribution in [2.75, 3.05) is 24.5 Å². The molecule has 2 aromatic rings. The van der Waals surface area contributed by atoms with Crippen molar-refractivity contribution in [1.29, 1.82) is 0 Å². The summed E-state index contributed by atoms with van der Waals surface area (Å²) in [6, 6.07) is 12.6. The van der Waals surface area contributed by atoms with Crippen molar-refractivity contribution in [2.24, 2.45) is 0 Å². The highest BCUT2D eigenvalue weighted by molar-refractivity contribution is 5.79. The van der Waals surface area contributed by atoms with Gasteiger partial charge >= 0.3 is 0 Å². The Morgan fingerprint density at radius 1 is 1.12 bits per heavy atom. The zero-order valence-electron chi connectivity index (χ0n) is 16.1. The van der Waals surface area contributed by atoms with E-state index in [1.807, 2.05) is 24.0 Å². The first-order valence-electron chi connectivity index (χ1n) is 9.37. The minimum Gasteiger partial charge on any atom is -0.351 e. The van der Waals surface area contributed by atoms with Crippen molar-refractivity contribution >= 4 is 11.7 Å². The summed E-state index contributed by atoms with van der Waals surface area (Å²) < 4.78 is 0. The van der Waals surface area contributed by atoms with Gasteiger partial charge in [-0.2, -0.15) is 5.10 Å². The van der Waals surface area contributed by atoms with E-state index in [2.05, 4.69) is 60.1 Å². The molecule has 1 aromatic carbocycles. The van der Waals surface area contributed by atoms with Crippen molar-refractivity contribution in [3.63, 3.8) is 0 Å². The van der Waals surface area contributed by atoms with Crippen LogP contribution in [0.15, 0.2) is 36.4 Å². The van der Waals surface area contributed by atoms with E-state index in [-0.39, 0.29) is 11.9 Å². The van der Waals surface area contributed by atoms with E-state index in [0.29, 0.717) is 12.3 Å². The fourth-order valence-corrected chi connectivity index (χ4v) is 3.39. The number of carbonyl (C=O) groups excluding carboxylic acids is 1. The zero-order valence-corrected chi connectivity index (χ0v) is 16.1. The second-order valence-electron chi connectivity index (χ2n) is 7.49. The van der Waals surface area contributed by atoms with Crippen LogP contribution < -0.4 is 4.90 Å². The summed E-state index contributed by atoms with van der Waals surface area (Å²) in [6.07, 6.45) is 0.465. The van der Waals surface area contributed by atoms with Gasteiger partial charge in [-0.1, -0.05) is 38.1 Å². The van der Waals surface area contributed by atoms with Gasteiger partial charge in [-0.3, -0.25) is 4.79 Å². The van der Waals surface area contributed by atoms with E-state index in [1.165, 1.54) is 5.56 Å². The molecule has 0 spiro atoms. The Labute approximate surface area is 156 Å². The summed E-state index contributed by atoms with van der Waals surface area (Å²) in [5, 5.41) is 8.41. The molecule has 0 N–H and O–H groups in total. The van der Waals surface area contributed by atoms with E-state index in [4.69, 9.17) is 0 Å². The summed E-state index contributed by atoms with van der Waals surface area (Å²) >= 11 is 0. The lowest BCUT2D eigenvalue weighted by molar-refractivity contribution is -0.132. The van der Waals surface area contributed by atoms with Crippen LogP contribution in [0.4, 0.5) is 5.82 Å². The van der Waals surface area contributed by atoms with Crippen LogP contribution in [0.25, 0.3) is 0 Å². The third kappa shape index (κ3) is 4.21. The first-order chi connectivity index (χ1) is 12.4. The molecule has 1 atom stereocenters. The number of piperazine rings is 1. The van der Waals surface area contributed by atoms with Gasteiger partial charge in [0, 0.05) is 25.7 Å². The van der Waals surface area contributed by atoms with Crippen molar-refractivity contribution in [3.8, 4) is 0 Å². The molecule has 1 aromatic heterocycles.